The number of rotatable bonds is 4. The molecule has 0 amide bonds. The maximum atomic E-state index is 12.4. The highest BCUT2D eigenvalue weighted by Gasteiger charge is 2.24. The van der Waals surface area contributed by atoms with Crippen LogP contribution < -0.4 is 4.68 Å². The van der Waals surface area contributed by atoms with Gasteiger partial charge in [0.05, 0.1) is 9.79 Å². The van der Waals surface area contributed by atoms with Crippen LogP contribution in [0.25, 0.3) is 12.2 Å². The van der Waals surface area contributed by atoms with Crippen molar-refractivity contribution in [3.8, 4) is 23.0 Å². The van der Waals surface area contributed by atoms with Gasteiger partial charge in [-0.1, -0.05) is 22.9 Å². The molecule has 6 N–H and O–H groups in total. The summed E-state index contributed by atoms with van der Waals surface area (Å²) in [7, 11) is -10.9. The number of fused-ring (bicyclic) bond motifs is 8. The van der Waals surface area contributed by atoms with Crippen molar-refractivity contribution in [1.29, 1.82) is 0 Å². The minimum Gasteiger partial charge on any atom is -0.507 e. The molecule has 0 spiro atoms. The van der Waals surface area contributed by atoms with Crippen molar-refractivity contribution in [2.24, 2.45) is 7.05 Å². The summed E-state index contributed by atoms with van der Waals surface area (Å²) in [6.07, 6.45) is 2.86. The standard InChI is InChI=1S/C34H30N2O10S3.O3S/c1-18-35-36(2)30(47-18)7-6-19-8-22-10-20-4-3-5-21(31(20)37)11-24-14-28(48(41,42)43)16-26(33(24)39)13-27-17-29(49(44,45)46)15-25(34(27)40)12-23(9-19)32(22)38;1-4(2)3/h3-9,14-17H,10-13H2,1-2H3,(H5,37,39,40,41,42,43,44,45,46);/p+1. The first-order chi connectivity index (χ1) is 24.7. The molecule has 0 aliphatic heterocycles. The Bertz CT molecular complexity index is 2650. The number of aryl methyl sites for hydroxylation is 2. The molecule has 0 atom stereocenters. The minimum absolute atomic E-state index is 0.000396. The first kappa shape index (κ1) is 39.0. The van der Waals surface area contributed by atoms with Crippen LogP contribution in [0.15, 0.2) is 64.4 Å². The van der Waals surface area contributed by atoms with E-state index in [9.17, 15) is 46.4 Å². The summed E-state index contributed by atoms with van der Waals surface area (Å²) in [5.74, 6) is -1.14. The SMILES string of the molecule is Cc1n[n+](C)c(/C=C/c2cc3c(O)c(c2)Cc2cc(S(=O)(=O)O)cc(c2O)Cc2cc(S(=O)(=O)O)cc(c2O)Cc2cccc(c2O)C3)s1.O=S(=O)=O. The molecule has 15 nitrogen and oxygen atoms in total. The third-order valence-corrected chi connectivity index (χ3v) is 11.0. The van der Waals surface area contributed by atoms with E-state index in [-0.39, 0.29) is 58.6 Å². The van der Waals surface area contributed by atoms with Crippen LogP contribution in [0, 0.1) is 6.92 Å². The van der Waals surface area contributed by atoms with Crippen molar-refractivity contribution in [3.63, 3.8) is 0 Å². The zero-order valence-electron chi connectivity index (χ0n) is 27.7. The fourth-order valence-electron chi connectivity index (χ4n) is 6.00. The molecule has 0 saturated carbocycles. The van der Waals surface area contributed by atoms with Gasteiger partial charge in [-0.25, -0.2) is 0 Å². The largest absolute Gasteiger partial charge is 0.507 e. The van der Waals surface area contributed by atoms with E-state index in [1.54, 1.807) is 35.0 Å². The Balaban J connectivity index is 0.00000129. The molecule has 53 heavy (non-hydrogen) atoms. The van der Waals surface area contributed by atoms with Crippen LogP contribution in [0.1, 0.15) is 60.1 Å². The Kier molecular flexibility index (Phi) is 11.1. The number of aromatic nitrogens is 2. The predicted molar refractivity (Wildman–Crippen MR) is 190 cm³/mol. The number of para-hydroxylation sites is 1. The fraction of sp³-hybridized carbons (Fsp3) is 0.176. The van der Waals surface area contributed by atoms with Gasteiger partial charge in [0.25, 0.3) is 25.2 Å². The molecule has 19 heteroatoms. The molecule has 8 bridgehead atoms. The fourth-order valence-corrected chi connectivity index (χ4v) is 7.94. The van der Waals surface area contributed by atoms with E-state index in [1.165, 1.54) is 11.3 Å². The number of hydrogen-bond donors (Lipinski definition) is 6. The highest BCUT2D eigenvalue weighted by molar-refractivity contribution is 7.86. The van der Waals surface area contributed by atoms with E-state index in [1.807, 2.05) is 26.1 Å². The molecule has 4 aromatic carbocycles. The lowest BCUT2D eigenvalue weighted by molar-refractivity contribution is -0.727. The molecule has 1 aliphatic carbocycles. The Labute approximate surface area is 309 Å². The van der Waals surface area contributed by atoms with Gasteiger partial charge in [-0.3, -0.25) is 9.11 Å². The second kappa shape index (κ2) is 15.0. The van der Waals surface area contributed by atoms with Gasteiger partial charge < -0.3 is 20.4 Å². The van der Waals surface area contributed by atoms with Gasteiger partial charge in [0.1, 0.15) is 23.0 Å². The van der Waals surface area contributed by atoms with Crippen molar-refractivity contribution in [2.45, 2.75) is 42.4 Å². The molecule has 0 saturated heterocycles. The van der Waals surface area contributed by atoms with Gasteiger partial charge in [-0.2, -0.15) is 16.8 Å². The maximum Gasteiger partial charge on any atom is 0.425 e. The van der Waals surface area contributed by atoms with Crippen LogP contribution in [0.3, 0.4) is 0 Å². The summed E-state index contributed by atoms with van der Waals surface area (Å²) in [4.78, 5) is -1.15. The molecule has 0 fully saturated rings. The number of hydrogen-bond acceptors (Lipinski definition) is 13. The van der Waals surface area contributed by atoms with Gasteiger partial charge in [0.15, 0.2) is 12.1 Å². The third kappa shape index (κ3) is 9.07. The normalized spacial score (nSPS) is 13.0. The van der Waals surface area contributed by atoms with E-state index in [2.05, 4.69) is 5.10 Å². The van der Waals surface area contributed by atoms with Crippen LogP contribution >= 0.6 is 11.3 Å². The average molecular weight is 804 g/mol. The number of phenolic OH excluding ortho intramolecular Hbond substituents is 4. The second-order valence-corrected chi connectivity index (χ2v) is 16.5. The zero-order valence-corrected chi connectivity index (χ0v) is 31.0. The van der Waals surface area contributed by atoms with Crippen LogP contribution in [0.5, 0.6) is 23.0 Å². The van der Waals surface area contributed by atoms with Crippen LogP contribution in [-0.2, 0) is 63.6 Å². The Hall–Kier alpha value is -5.18. The van der Waals surface area contributed by atoms with Gasteiger partial charge in [0.2, 0.25) is 0 Å². The molecule has 1 heterocycles. The molecule has 0 radical (unpaired) electrons. The van der Waals surface area contributed by atoms with Gasteiger partial charge in [-0.15, -0.1) is 12.6 Å². The highest BCUT2D eigenvalue weighted by Crippen LogP contribution is 2.39. The molecule has 0 unspecified atom stereocenters. The number of phenols is 4. The van der Waals surface area contributed by atoms with E-state index in [4.69, 9.17) is 12.6 Å². The Morgan fingerprint density at radius 3 is 1.32 bits per heavy atom. The lowest BCUT2D eigenvalue weighted by Crippen LogP contribution is -2.32. The van der Waals surface area contributed by atoms with Crippen molar-refractivity contribution in [3.05, 3.63) is 115 Å². The average Bonchev–Trinajstić information content (AvgIpc) is 3.37. The summed E-state index contributed by atoms with van der Waals surface area (Å²) in [5.41, 5.74) is 1.86. The van der Waals surface area contributed by atoms with Crippen molar-refractivity contribution in [2.75, 3.05) is 0 Å². The van der Waals surface area contributed by atoms with Crippen LogP contribution in [-0.4, -0.2) is 64.1 Å². The van der Waals surface area contributed by atoms with Crippen molar-refractivity contribution >= 4 is 54.3 Å². The first-order valence-corrected chi connectivity index (χ1v) is 20.0. The van der Waals surface area contributed by atoms with E-state index < -0.39 is 58.6 Å². The molecular formula is C34H31N2O13S4+. The van der Waals surface area contributed by atoms with Gasteiger partial charge in [-0.05, 0) is 88.6 Å². The second-order valence-electron chi connectivity index (χ2n) is 12.1. The lowest BCUT2D eigenvalue weighted by atomic mass is 9.90. The molecular weight excluding hydrogens is 773 g/mol. The molecule has 1 aromatic heterocycles. The third-order valence-electron chi connectivity index (χ3n) is 8.38. The van der Waals surface area contributed by atoms with Crippen LogP contribution in [0.4, 0.5) is 0 Å². The minimum atomic E-state index is -4.83. The monoisotopic (exact) mass is 803 g/mol. The predicted octanol–water partition coefficient (Wildman–Crippen LogP) is 3.43. The molecule has 5 aromatic rings. The summed E-state index contributed by atoms with van der Waals surface area (Å²) in [5, 5.41) is 51.7. The lowest BCUT2D eigenvalue weighted by Gasteiger charge is -2.18. The van der Waals surface area contributed by atoms with E-state index >= 15 is 0 Å². The highest BCUT2D eigenvalue weighted by atomic mass is 32.2. The summed E-state index contributed by atoms with van der Waals surface area (Å²) in [6, 6.07) is 12.4. The van der Waals surface area contributed by atoms with E-state index in [0.717, 1.165) is 34.3 Å². The number of aromatic hydroxyl groups is 4. The van der Waals surface area contributed by atoms with Crippen molar-refractivity contribution in [1.82, 2.24) is 5.10 Å². The first-order valence-electron chi connectivity index (χ1n) is 15.3. The topological polar surface area (TPSA) is 258 Å². The van der Waals surface area contributed by atoms with Gasteiger partial charge in [0, 0.05) is 59.1 Å². The summed E-state index contributed by atoms with van der Waals surface area (Å²) < 4.78 is 96.2. The summed E-state index contributed by atoms with van der Waals surface area (Å²) in [6.45, 7) is 1.88. The Morgan fingerprint density at radius 2 is 0.981 bits per heavy atom. The van der Waals surface area contributed by atoms with E-state index in [0.29, 0.717) is 22.3 Å². The quantitative estimate of drug-likeness (QED) is 0.110. The zero-order chi connectivity index (χ0) is 39.0. The molecule has 6 rings (SSSR count). The van der Waals surface area contributed by atoms with Crippen molar-refractivity contribution < 1.29 is 63.7 Å². The van der Waals surface area contributed by atoms with Crippen LogP contribution in [0.2, 0.25) is 0 Å². The number of benzene rings is 4. The smallest absolute Gasteiger partial charge is 0.425 e. The van der Waals surface area contributed by atoms with Gasteiger partial charge >= 0.3 is 10.6 Å². The molecule has 278 valence electrons. The maximum absolute atomic E-state index is 12.4. The number of nitrogens with zero attached hydrogens (tertiary/aromatic N) is 2. The summed E-state index contributed by atoms with van der Waals surface area (Å²) >= 11 is 1.47. The molecule has 1 aliphatic rings. The Morgan fingerprint density at radius 1 is 0.642 bits per heavy atom.